The minimum atomic E-state index is -0.188. The molecular formula is C13H27N3O. The Hall–Kier alpha value is -0.610. The lowest BCUT2D eigenvalue weighted by Crippen LogP contribution is -2.44. The van der Waals surface area contributed by atoms with Gasteiger partial charge in [0.2, 0.25) is 5.91 Å². The summed E-state index contributed by atoms with van der Waals surface area (Å²) < 4.78 is 0. The number of nitrogens with two attached hydrogens (primary N) is 1. The summed E-state index contributed by atoms with van der Waals surface area (Å²) in [6.45, 7) is 10.4. The molecule has 4 heteroatoms. The molecule has 0 radical (unpaired) electrons. The zero-order valence-corrected chi connectivity index (χ0v) is 11.4. The molecular weight excluding hydrogens is 214 g/mol. The Balaban J connectivity index is 2.30. The molecule has 1 aliphatic heterocycles. The average Bonchev–Trinajstić information content (AvgIpc) is 2.26. The maximum atomic E-state index is 11.1. The van der Waals surface area contributed by atoms with Crippen molar-refractivity contribution in [1.29, 1.82) is 0 Å². The molecule has 1 amide bonds. The van der Waals surface area contributed by atoms with Crippen LogP contribution in [0.25, 0.3) is 0 Å². The molecule has 0 aromatic rings. The van der Waals surface area contributed by atoms with E-state index in [1.54, 1.807) is 0 Å². The van der Waals surface area contributed by atoms with Crippen LogP contribution in [-0.4, -0.2) is 43.0 Å². The fraction of sp³-hybridized carbons (Fsp3) is 0.923. The number of hydrogen-bond acceptors (Lipinski definition) is 3. The first kappa shape index (κ1) is 14.5. The largest absolute Gasteiger partial charge is 0.369 e. The van der Waals surface area contributed by atoms with Crippen LogP contribution >= 0.6 is 0 Å². The fourth-order valence-corrected chi connectivity index (χ4v) is 2.36. The van der Waals surface area contributed by atoms with Crippen LogP contribution < -0.4 is 11.1 Å². The summed E-state index contributed by atoms with van der Waals surface area (Å²) >= 11 is 0. The Labute approximate surface area is 105 Å². The second-order valence-corrected chi connectivity index (χ2v) is 5.63. The molecule has 3 N–H and O–H groups in total. The highest BCUT2D eigenvalue weighted by atomic mass is 16.1. The highest BCUT2D eigenvalue weighted by Gasteiger charge is 2.22. The number of nitrogens with one attached hydrogen (secondary N) is 1. The van der Waals surface area contributed by atoms with E-state index >= 15 is 0 Å². The minimum absolute atomic E-state index is 0.0354. The summed E-state index contributed by atoms with van der Waals surface area (Å²) in [6, 6.07) is 0.551. The molecule has 2 unspecified atom stereocenters. The summed E-state index contributed by atoms with van der Waals surface area (Å²) in [5.74, 6) is 0.491. The highest BCUT2D eigenvalue weighted by Crippen LogP contribution is 2.17. The van der Waals surface area contributed by atoms with E-state index < -0.39 is 0 Å². The van der Waals surface area contributed by atoms with E-state index in [2.05, 4.69) is 24.1 Å². The van der Waals surface area contributed by atoms with Gasteiger partial charge >= 0.3 is 0 Å². The number of amides is 1. The third kappa shape index (κ3) is 5.50. The van der Waals surface area contributed by atoms with Gasteiger partial charge in [-0.15, -0.1) is 0 Å². The number of likely N-dealkylation sites (tertiary alicyclic amines) is 1. The number of primary amides is 1. The van der Waals surface area contributed by atoms with Gasteiger partial charge in [-0.05, 0) is 31.8 Å². The van der Waals surface area contributed by atoms with Gasteiger partial charge < -0.3 is 16.0 Å². The summed E-state index contributed by atoms with van der Waals surface area (Å²) in [7, 11) is 0. The first-order valence-electron chi connectivity index (χ1n) is 6.74. The van der Waals surface area contributed by atoms with Gasteiger partial charge in [-0.1, -0.05) is 20.8 Å². The maximum Gasteiger partial charge on any atom is 0.221 e. The quantitative estimate of drug-likeness (QED) is 0.724. The number of piperidine rings is 1. The van der Waals surface area contributed by atoms with Gasteiger partial charge in [-0.25, -0.2) is 0 Å². The summed E-state index contributed by atoms with van der Waals surface area (Å²) in [5, 5.41) is 3.49. The third-order valence-electron chi connectivity index (χ3n) is 3.44. The lowest BCUT2D eigenvalue weighted by atomic mass is 9.96. The zero-order valence-electron chi connectivity index (χ0n) is 11.4. The molecule has 2 atom stereocenters. The van der Waals surface area contributed by atoms with Crippen LogP contribution in [0.3, 0.4) is 0 Å². The third-order valence-corrected chi connectivity index (χ3v) is 3.44. The number of hydrogen-bond donors (Lipinski definition) is 2. The highest BCUT2D eigenvalue weighted by molar-refractivity contribution is 5.76. The van der Waals surface area contributed by atoms with Gasteiger partial charge in [0.1, 0.15) is 0 Å². The molecule has 17 heavy (non-hydrogen) atoms. The first-order valence-corrected chi connectivity index (χ1v) is 6.74. The van der Waals surface area contributed by atoms with E-state index in [0.29, 0.717) is 12.0 Å². The van der Waals surface area contributed by atoms with E-state index in [0.717, 1.165) is 26.2 Å². The summed E-state index contributed by atoms with van der Waals surface area (Å²) in [4.78, 5) is 13.4. The van der Waals surface area contributed by atoms with E-state index in [-0.39, 0.29) is 11.8 Å². The van der Waals surface area contributed by atoms with Gasteiger partial charge in [-0.3, -0.25) is 4.79 Å². The van der Waals surface area contributed by atoms with Crippen molar-refractivity contribution in [3.05, 3.63) is 0 Å². The Morgan fingerprint density at radius 1 is 1.47 bits per heavy atom. The average molecular weight is 241 g/mol. The van der Waals surface area contributed by atoms with Crippen molar-refractivity contribution in [2.75, 3.05) is 26.2 Å². The SMILES string of the molecule is CC(C)NCC1CCCN(CC(C)C(N)=O)C1. The number of carbonyl (C=O) groups is 1. The second kappa shape index (κ2) is 6.97. The van der Waals surface area contributed by atoms with Crippen molar-refractivity contribution in [3.63, 3.8) is 0 Å². The Kier molecular flexibility index (Phi) is 5.92. The smallest absolute Gasteiger partial charge is 0.221 e. The molecule has 1 aliphatic rings. The van der Waals surface area contributed by atoms with Crippen molar-refractivity contribution >= 4 is 5.91 Å². The van der Waals surface area contributed by atoms with Gasteiger partial charge in [0.05, 0.1) is 0 Å². The van der Waals surface area contributed by atoms with Crippen LogP contribution in [0.15, 0.2) is 0 Å². The van der Waals surface area contributed by atoms with Crippen LogP contribution in [0.5, 0.6) is 0 Å². The predicted octanol–water partition coefficient (Wildman–Crippen LogP) is 0.818. The normalized spacial score (nSPS) is 23.9. The molecule has 1 heterocycles. The number of rotatable bonds is 6. The Morgan fingerprint density at radius 2 is 2.18 bits per heavy atom. The molecule has 100 valence electrons. The molecule has 0 bridgehead atoms. The van der Waals surface area contributed by atoms with E-state index in [1.165, 1.54) is 12.8 Å². The van der Waals surface area contributed by atoms with Crippen LogP contribution in [0, 0.1) is 11.8 Å². The van der Waals surface area contributed by atoms with Gasteiger partial charge in [0, 0.05) is 25.0 Å². The topological polar surface area (TPSA) is 58.4 Å². The van der Waals surface area contributed by atoms with Crippen LogP contribution in [0.2, 0.25) is 0 Å². The van der Waals surface area contributed by atoms with Crippen molar-refractivity contribution in [1.82, 2.24) is 10.2 Å². The van der Waals surface area contributed by atoms with Crippen LogP contribution in [0.1, 0.15) is 33.6 Å². The fourth-order valence-electron chi connectivity index (χ4n) is 2.36. The summed E-state index contributed by atoms with van der Waals surface area (Å²) in [5.41, 5.74) is 5.31. The van der Waals surface area contributed by atoms with Crippen LogP contribution in [0.4, 0.5) is 0 Å². The predicted molar refractivity (Wildman–Crippen MR) is 70.7 cm³/mol. The Bertz CT molecular complexity index is 243. The molecule has 0 aliphatic carbocycles. The summed E-state index contributed by atoms with van der Waals surface area (Å²) in [6.07, 6.45) is 2.52. The Morgan fingerprint density at radius 3 is 2.76 bits per heavy atom. The van der Waals surface area contributed by atoms with Crippen molar-refractivity contribution < 1.29 is 4.79 Å². The van der Waals surface area contributed by atoms with Crippen molar-refractivity contribution in [2.45, 2.75) is 39.7 Å². The van der Waals surface area contributed by atoms with Gasteiger partial charge in [0.25, 0.3) is 0 Å². The monoisotopic (exact) mass is 241 g/mol. The molecule has 1 fully saturated rings. The molecule has 1 saturated heterocycles. The number of carbonyl (C=O) groups excluding carboxylic acids is 1. The standard InChI is InChI=1S/C13H27N3O/c1-10(2)15-7-12-5-4-6-16(9-12)8-11(3)13(14)17/h10-12,15H,4-9H2,1-3H3,(H2,14,17). The first-order chi connectivity index (χ1) is 7.99. The van der Waals surface area contributed by atoms with Crippen LogP contribution in [-0.2, 0) is 4.79 Å². The molecule has 4 nitrogen and oxygen atoms in total. The molecule has 0 spiro atoms. The maximum absolute atomic E-state index is 11.1. The van der Waals surface area contributed by atoms with Crippen molar-refractivity contribution in [2.24, 2.45) is 17.6 Å². The zero-order chi connectivity index (χ0) is 12.8. The van der Waals surface area contributed by atoms with E-state index in [9.17, 15) is 4.79 Å². The van der Waals surface area contributed by atoms with E-state index in [4.69, 9.17) is 5.73 Å². The molecule has 0 saturated carbocycles. The van der Waals surface area contributed by atoms with Gasteiger partial charge in [-0.2, -0.15) is 0 Å². The molecule has 0 aromatic carbocycles. The van der Waals surface area contributed by atoms with E-state index in [1.807, 2.05) is 6.92 Å². The lowest BCUT2D eigenvalue weighted by molar-refractivity contribution is -0.122. The van der Waals surface area contributed by atoms with Crippen molar-refractivity contribution in [3.8, 4) is 0 Å². The number of nitrogens with zero attached hydrogens (tertiary/aromatic N) is 1. The minimum Gasteiger partial charge on any atom is -0.369 e. The second-order valence-electron chi connectivity index (χ2n) is 5.63. The lowest BCUT2D eigenvalue weighted by Gasteiger charge is -2.34. The molecule has 0 aromatic heterocycles. The van der Waals surface area contributed by atoms with Gasteiger partial charge in [0.15, 0.2) is 0 Å². The molecule has 1 rings (SSSR count).